The summed E-state index contributed by atoms with van der Waals surface area (Å²) in [6, 6.07) is 5.99. The number of hydrogen-bond acceptors (Lipinski definition) is 5. The van der Waals surface area contributed by atoms with Gasteiger partial charge in [0.05, 0.1) is 10.6 Å². The Morgan fingerprint density at radius 3 is 2.90 bits per heavy atom. The van der Waals surface area contributed by atoms with Gasteiger partial charge < -0.3 is 0 Å². The molecule has 0 aliphatic rings. The van der Waals surface area contributed by atoms with Gasteiger partial charge in [0.2, 0.25) is 0 Å². The molecule has 0 saturated heterocycles. The Balaban J connectivity index is 1.85. The number of aromatic nitrogens is 1. The van der Waals surface area contributed by atoms with Crippen LogP contribution in [0.5, 0.6) is 0 Å². The zero-order chi connectivity index (χ0) is 13.9. The summed E-state index contributed by atoms with van der Waals surface area (Å²) in [5, 5.41) is 6.98. The number of rotatable bonds is 4. The maximum absolute atomic E-state index is 12.2. The first-order chi connectivity index (χ1) is 9.74. The Morgan fingerprint density at radius 1 is 1.30 bits per heavy atom. The van der Waals surface area contributed by atoms with Gasteiger partial charge in [-0.05, 0) is 42.0 Å². The first-order valence-electron chi connectivity index (χ1n) is 6.00. The fourth-order valence-corrected chi connectivity index (χ4v) is 4.07. The summed E-state index contributed by atoms with van der Waals surface area (Å²) in [4.78, 5) is 18.5. The Morgan fingerprint density at radius 2 is 2.20 bits per heavy atom. The standard InChI is InChI=1S/C15H11NOS3/c1-10-14(13(17)5-4-12-3-2-7-19-12)20-15(16-10)11-6-8-18-9-11/h2-9H,1H3/b5-4-. The monoisotopic (exact) mass is 317 g/mol. The van der Waals surface area contributed by atoms with Crippen molar-refractivity contribution in [1.82, 2.24) is 4.98 Å². The van der Waals surface area contributed by atoms with Crippen LogP contribution >= 0.6 is 34.0 Å². The van der Waals surface area contributed by atoms with Gasteiger partial charge in [-0.3, -0.25) is 4.79 Å². The second-order valence-corrected chi connectivity index (χ2v) is 6.92. The molecule has 0 radical (unpaired) electrons. The summed E-state index contributed by atoms with van der Waals surface area (Å²) in [5.41, 5.74) is 1.89. The van der Waals surface area contributed by atoms with Crippen molar-refractivity contribution in [2.24, 2.45) is 0 Å². The van der Waals surface area contributed by atoms with Crippen LogP contribution in [0.1, 0.15) is 20.2 Å². The molecule has 0 amide bonds. The first kappa shape index (κ1) is 13.4. The topological polar surface area (TPSA) is 30.0 Å². The zero-order valence-corrected chi connectivity index (χ0v) is 13.1. The van der Waals surface area contributed by atoms with Crippen molar-refractivity contribution in [2.45, 2.75) is 6.92 Å². The molecule has 0 aliphatic heterocycles. The predicted octanol–water partition coefficient (Wildman–Crippen LogP) is 5.14. The third kappa shape index (κ3) is 2.80. The van der Waals surface area contributed by atoms with Gasteiger partial charge >= 0.3 is 0 Å². The quantitative estimate of drug-likeness (QED) is 0.493. The summed E-state index contributed by atoms with van der Waals surface area (Å²) in [6.45, 7) is 1.89. The maximum Gasteiger partial charge on any atom is 0.197 e. The molecule has 3 heterocycles. The highest BCUT2D eigenvalue weighted by Crippen LogP contribution is 2.29. The maximum atomic E-state index is 12.2. The van der Waals surface area contributed by atoms with Gasteiger partial charge in [0, 0.05) is 15.8 Å². The van der Waals surface area contributed by atoms with E-state index in [1.54, 1.807) is 28.7 Å². The minimum absolute atomic E-state index is 0.0230. The number of carbonyl (C=O) groups is 1. The SMILES string of the molecule is Cc1nc(-c2ccsc2)sc1C(=O)/C=C\c1cccs1. The molecule has 0 unspecified atom stereocenters. The molecule has 0 N–H and O–H groups in total. The molecule has 0 spiro atoms. The number of aryl methyl sites for hydroxylation is 1. The van der Waals surface area contributed by atoms with Gasteiger partial charge in [0.25, 0.3) is 0 Å². The van der Waals surface area contributed by atoms with Crippen LogP contribution in [0.25, 0.3) is 16.6 Å². The summed E-state index contributed by atoms with van der Waals surface area (Å²) in [6.07, 6.45) is 3.49. The molecule has 3 aromatic rings. The van der Waals surface area contributed by atoms with Gasteiger partial charge in [0.15, 0.2) is 5.78 Å². The van der Waals surface area contributed by atoms with Crippen LogP contribution in [-0.2, 0) is 0 Å². The molecule has 2 nitrogen and oxygen atoms in total. The van der Waals surface area contributed by atoms with Crippen molar-refractivity contribution in [3.8, 4) is 10.6 Å². The second-order valence-electron chi connectivity index (χ2n) is 4.16. The summed E-state index contributed by atoms with van der Waals surface area (Å²) < 4.78 is 0. The van der Waals surface area contributed by atoms with Crippen LogP contribution in [0.3, 0.4) is 0 Å². The van der Waals surface area contributed by atoms with E-state index in [1.807, 2.05) is 47.3 Å². The fourth-order valence-electron chi connectivity index (χ4n) is 1.75. The third-order valence-corrected chi connectivity index (χ3v) is 5.47. The van der Waals surface area contributed by atoms with E-state index in [1.165, 1.54) is 11.3 Å². The van der Waals surface area contributed by atoms with Crippen molar-refractivity contribution in [3.63, 3.8) is 0 Å². The molecule has 0 bridgehead atoms. The molecule has 0 saturated carbocycles. The lowest BCUT2D eigenvalue weighted by Crippen LogP contribution is -1.92. The van der Waals surface area contributed by atoms with Crippen LogP contribution < -0.4 is 0 Å². The van der Waals surface area contributed by atoms with Crippen molar-refractivity contribution < 1.29 is 4.79 Å². The van der Waals surface area contributed by atoms with Crippen LogP contribution in [0.4, 0.5) is 0 Å². The lowest BCUT2D eigenvalue weighted by Gasteiger charge is -1.90. The molecule has 0 fully saturated rings. The van der Waals surface area contributed by atoms with E-state index in [0.717, 1.165) is 26.0 Å². The largest absolute Gasteiger partial charge is 0.288 e. The summed E-state index contributed by atoms with van der Waals surface area (Å²) in [5.74, 6) is 0.0230. The van der Waals surface area contributed by atoms with Crippen LogP contribution in [-0.4, -0.2) is 10.8 Å². The van der Waals surface area contributed by atoms with Gasteiger partial charge in [-0.1, -0.05) is 6.07 Å². The number of carbonyl (C=O) groups excluding carboxylic acids is 1. The zero-order valence-electron chi connectivity index (χ0n) is 10.7. The molecule has 0 aromatic carbocycles. The predicted molar refractivity (Wildman–Crippen MR) is 87.8 cm³/mol. The van der Waals surface area contributed by atoms with Gasteiger partial charge in [-0.15, -0.1) is 22.7 Å². The van der Waals surface area contributed by atoms with Gasteiger partial charge in [0.1, 0.15) is 5.01 Å². The van der Waals surface area contributed by atoms with E-state index in [4.69, 9.17) is 0 Å². The molecular formula is C15H11NOS3. The van der Waals surface area contributed by atoms with E-state index in [-0.39, 0.29) is 5.78 Å². The van der Waals surface area contributed by atoms with Crippen LogP contribution in [0.15, 0.2) is 40.4 Å². The van der Waals surface area contributed by atoms with E-state index in [0.29, 0.717) is 0 Å². The molecule has 100 valence electrons. The minimum Gasteiger partial charge on any atom is -0.288 e. The highest BCUT2D eigenvalue weighted by molar-refractivity contribution is 7.17. The second kappa shape index (κ2) is 5.83. The number of ketones is 1. The van der Waals surface area contributed by atoms with Crippen LogP contribution in [0.2, 0.25) is 0 Å². The Labute approximate surface area is 129 Å². The van der Waals surface area contributed by atoms with E-state index in [9.17, 15) is 4.79 Å². The Bertz CT molecular complexity index is 736. The molecule has 0 aliphatic carbocycles. The fraction of sp³-hybridized carbons (Fsp3) is 0.0667. The van der Waals surface area contributed by atoms with Crippen molar-refractivity contribution in [1.29, 1.82) is 0 Å². The Kier molecular flexibility index (Phi) is 3.91. The number of thiophene rings is 2. The highest BCUT2D eigenvalue weighted by Gasteiger charge is 2.14. The van der Waals surface area contributed by atoms with Crippen molar-refractivity contribution in [3.05, 3.63) is 55.9 Å². The third-order valence-electron chi connectivity index (χ3n) is 2.73. The molecule has 3 rings (SSSR count). The van der Waals surface area contributed by atoms with Gasteiger partial charge in [-0.2, -0.15) is 11.3 Å². The number of thiazole rings is 1. The van der Waals surface area contributed by atoms with E-state index >= 15 is 0 Å². The van der Waals surface area contributed by atoms with Crippen LogP contribution in [0, 0.1) is 6.92 Å². The number of allylic oxidation sites excluding steroid dienone is 1. The molecule has 0 atom stereocenters. The Hall–Kier alpha value is -1.56. The van der Waals surface area contributed by atoms with E-state index < -0.39 is 0 Å². The van der Waals surface area contributed by atoms with Crippen molar-refractivity contribution >= 4 is 45.9 Å². The molecule has 5 heteroatoms. The van der Waals surface area contributed by atoms with Crippen molar-refractivity contribution in [2.75, 3.05) is 0 Å². The summed E-state index contributed by atoms with van der Waals surface area (Å²) >= 11 is 4.71. The molecule has 20 heavy (non-hydrogen) atoms. The lowest BCUT2D eigenvalue weighted by atomic mass is 10.2. The average molecular weight is 317 g/mol. The number of nitrogens with zero attached hydrogens (tertiary/aromatic N) is 1. The van der Waals surface area contributed by atoms with E-state index in [2.05, 4.69) is 4.98 Å². The normalized spacial score (nSPS) is 11.2. The minimum atomic E-state index is 0.0230. The first-order valence-corrected chi connectivity index (χ1v) is 8.64. The summed E-state index contributed by atoms with van der Waals surface area (Å²) in [7, 11) is 0. The molecular weight excluding hydrogens is 306 g/mol. The smallest absolute Gasteiger partial charge is 0.197 e. The molecule has 3 aromatic heterocycles. The lowest BCUT2D eigenvalue weighted by molar-refractivity contribution is 0.105. The average Bonchev–Trinajstić information content (AvgIpc) is 3.17. The number of hydrogen-bond donors (Lipinski definition) is 0. The highest BCUT2D eigenvalue weighted by atomic mass is 32.1. The van der Waals surface area contributed by atoms with Gasteiger partial charge in [-0.25, -0.2) is 4.98 Å².